The molecule has 0 spiro atoms. The van der Waals surface area contributed by atoms with Crippen LogP contribution in [-0.4, -0.2) is 68.1 Å². The van der Waals surface area contributed by atoms with Gasteiger partial charge in [0.05, 0.1) is 12.2 Å². The summed E-state index contributed by atoms with van der Waals surface area (Å²) in [4.78, 5) is 17.1. The summed E-state index contributed by atoms with van der Waals surface area (Å²) in [5.74, 6) is 0.583. The number of para-hydroxylation sites is 1. The SMILES string of the molecule is CCOc1ccccc1C(=O)NCC(C)N1CCN(C)CC1. The number of piperazine rings is 1. The lowest BCUT2D eigenvalue weighted by Crippen LogP contribution is -2.51. The Kier molecular flexibility index (Phi) is 6.21. The summed E-state index contributed by atoms with van der Waals surface area (Å²) in [6, 6.07) is 7.73. The van der Waals surface area contributed by atoms with Gasteiger partial charge in [0.2, 0.25) is 0 Å². The van der Waals surface area contributed by atoms with Crippen LogP contribution in [0.1, 0.15) is 24.2 Å². The van der Waals surface area contributed by atoms with E-state index in [2.05, 4.69) is 29.1 Å². The summed E-state index contributed by atoms with van der Waals surface area (Å²) in [5.41, 5.74) is 0.606. The molecule has 0 saturated carbocycles. The minimum Gasteiger partial charge on any atom is -0.493 e. The second kappa shape index (κ2) is 8.15. The molecule has 0 aliphatic carbocycles. The van der Waals surface area contributed by atoms with Crippen molar-refractivity contribution in [3.63, 3.8) is 0 Å². The monoisotopic (exact) mass is 305 g/mol. The van der Waals surface area contributed by atoms with Crippen LogP contribution in [0.5, 0.6) is 5.75 Å². The van der Waals surface area contributed by atoms with Crippen molar-refractivity contribution in [2.75, 3.05) is 46.4 Å². The van der Waals surface area contributed by atoms with E-state index in [1.807, 2.05) is 25.1 Å². The Labute approximate surface area is 133 Å². The van der Waals surface area contributed by atoms with Gasteiger partial charge in [0.15, 0.2) is 0 Å². The summed E-state index contributed by atoms with van der Waals surface area (Å²) >= 11 is 0. The summed E-state index contributed by atoms with van der Waals surface area (Å²) in [6.07, 6.45) is 0. The average Bonchev–Trinajstić information content (AvgIpc) is 2.54. The highest BCUT2D eigenvalue weighted by molar-refractivity contribution is 5.96. The Hall–Kier alpha value is -1.59. The number of ether oxygens (including phenoxy) is 1. The van der Waals surface area contributed by atoms with Crippen molar-refractivity contribution in [3.8, 4) is 5.75 Å². The number of benzene rings is 1. The molecule has 1 saturated heterocycles. The molecule has 1 aromatic rings. The second-order valence-electron chi connectivity index (χ2n) is 5.83. The average molecular weight is 305 g/mol. The number of carbonyl (C=O) groups excluding carboxylic acids is 1. The molecule has 1 aliphatic rings. The lowest BCUT2D eigenvalue weighted by atomic mass is 10.1. The van der Waals surface area contributed by atoms with Gasteiger partial charge in [0.25, 0.3) is 5.91 Å². The normalized spacial score (nSPS) is 18.0. The number of hydrogen-bond acceptors (Lipinski definition) is 4. The van der Waals surface area contributed by atoms with Crippen LogP contribution in [-0.2, 0) is 0 Å². The molecule has 2 rings (SSSR count). The molecule has 1 atom stereocenters. The van der Waals surface area contributed by atoms with Crippen molar-refractivity contribution < 1.29 is 9.53 Å². The van der Waals surface area contributed by atoms with Crippen molar-refractivity contribution in [1.82, 2.24) is 15.1 Å². The molecule has 5 heteroatoms. The molecule has 1 aromatic carbocycles. The van der Waals surface area contributed by atoms with Crippen LogP contribution < -0.4 is 10.1 Å². The van der Waals surface area contributed by atoms with E-state index in [0.717, 1.165) is 26.2 Å². The summed E-state index contributed by atoms with van der Waals surface area (Å²) in [7, 11) is 2.15. The van der Waals surface area contributed by atoms with Crippen LogP contribution in [0.15, 0.2) is 24.3 Å². The van der Waals surface area contributed by atoms with E-state index in [9.17, 15) is 4.79 Å². The minimum absolute atomic E-state index is 0.0648. The first kappa shape index (κ1) is 16.8. The zero-order valence-corrected chi connectivity index (χ0v) is 13.8. The molecule has 0 bridgehead atoms. The van der Waals surface area contributed by atoms with E-state index >= 15 is 0 Å². The Bertz CT molecular complexity index is 485. The van der Waals surface area contributed by atoms with Crippen LogP contribution >= 0.6 is 0 Å². The zero-order chi connectivity index (χ0) is 15.9. The molecule has 1 unspecified atom stereocenters. The van der Waals surface area contributed by atoms with Gasteiger partial charge in [-0.3, -0.25) is 9.69 Å². The number of likely N-dealkylation sites (N-methyl/N-ethyl adjacent to an activating group) is 1. The maximum atomic E-state index is 12.4. The number of nitrogens with zero attached hydrogens (tertiary/aromatic N) is 2. The van der Waals surface area contributed by atoms with Gasteiger partial charge in [-0.1, -0.05) is 12.1 Å². The van der Waals surface area contributed by atoms with Gasteiger partial charge in [-0.15, -0.1) is 0 Å². The van der Waals surface area contributed by atoms with Crippen molar-refractivity contribution >= 4 is 5.91 Å². The molecule has 5 nitrogen and oxygen atoms in total. The van der Waals surface area contributed by atoms with E-state index in [1.165, 1.54) is 0 Å². The zero-order valence-electron chi connectivity index (χ0n) is 13.8. The predicted octanol–water partition coefficient (Wildman–Crippen LogP) is 1.45. The number of hydrogen-bond donors (Lipinski definition) is 1. The molecule has 1 fully saturated rings. The Morgan fingerprint density at radius 2 is 1.95 bits per heavy atom. The van der Waals surface area contributed by atoms with E-state index in [4.69, 9.17) is 4.74 Å². The molecule has 0 radical (unpaired) electrons. The lowest BCUT2D eigenvalue weighted by Gasteiger charge is -2.36. The highest BCUT2D eigenvalue weighted by Gasteiger charge is 2.20. The smallest absolute Gasteiger partial charge is 0.255 e. The molecule has 1 aliphatic heterocycles. The van der Waals surface area contributed by atoms with Gasteiger partial charge in [0.1, 0.15) is 5.75 Å². The quantitative estimate of drug-likeness (QED) is 0.864. The Morgan fingerprint density at radius 3 is 2.64 bits per heavy atom. The fourth-order valence-corrected chi connectivity index (χ4v) is 2.66. The number of amides is 1. The van der Waals surface area contributed by atoms with E-state index < -0.39 is 0 Å². The van der Waals surface area contributed by atoms with Gasteiger partial charge in [-0.25, -0.2) is 0 Å². The third kappa shape index (κ3) is 4.45. The largest absolute Gasteiger partial charge is 0.493 e. The van der Waals surface area contributed by atoms with Crippen molar-refractivity contribution in [1.29, 1.82) is 0 Å². The first-order chi connectivity index (χ1) is 10.6. The van der Waals surface area contributed by atoms with Gasteiger partial charge in [-0.2, -0.15) is 0 Å². The summed E-state index contributed by atoms with van der Waals surface area (Å²) in [6.45, 7) is 9.60. The van der Waals surface area contributed by atoms with Crippen molar-refractivity contribution in [2.45, 2.75) is 19.9 Å². The van der Waals surface area contributed by atoms with Gasteiger partial charge in [0, 0.05) is 38.8 Å². The van der Waals surface area contributed by atoms with Crippen LogP contribution in [0, 0.1) is 0 Å². The predicted molar refractivity (Wildman–Crippen MR) is 88.5 cm³/mol. The van der Waals surface area contributed by atoms with E-state index in [-0.39, 0.29) is 5.91 Å². The third-order valence-corrected chi connectivity index (χ3v) is 4.15. The molecular formula is C17H27N3O2. The van der Waals surface area contributed by atoms with E-state index in [0.29, 0.717) is 30.5 Å². The highest BCUT2D eigenvalue weighted by atomic mass is 16.5. The van der Waals surface area contributed by atoms with Gasteiger partial charge in [-0.05, 0) is 33.0 Å². The fraction of sp³-hybridized carbons (Fsp3) is 0.588. The van der Waals surface area contributed by atoms with Gasteiger partial charge >= 0.3 is 0 Å². The maximum Gasteiger partial charge on any atom is 0.255 e. The minimum atomic E-state index is -0.0648. The number of rotatable bonds is 6. The number of carbonyl (C=O) groups is 1. The van der Waals surface area contributed by atoms with Crippen molar-refractivity contribution in [3.05, 3.63) is 29.8 Å². The van der Waals surface area contributed by atoms with Crippen LogP contribution in [0.3, 0.4) is 0 Å². The molecule has 1 amide bonds. The highest BCUT2D eigenvalue weighted by Crippen LogP contribution is 2.17. The first-order valence-corrected chi connectivity index (χ1v) is 8.04. The van der Waals surface area contributed by atoms with Crippen LogP contribution in [0.2, 0.25) is 0 Å². The van der Waals surface area contributed by atoms with Crippen LogP contribution in [0.4, 0.5) is 0 Å². The maximum absolute atomic E-state index is 12.4. The summed E-state index contributed by atoms with van der Waals surface area (Å²) in [5, 5.41) is 3.03. The molecule has 1 heterocycles. The van der Waals surface area contributed by atoms with Gasteiger partial charge < -0.3 is 15.0 Å². The van der Waals surface area contributed by atoms with Crippen LogP contribution in [0.25, 0.3) is 0 Å². The topological polar surface area (TPSA) is 44.8 Å². The summed E-state index contributed by atoms with van der Waals surface area (Å²) < 4.78 is 5.52. The van der Waals surface area contributed by atoms with E-state index in [1.54, 1.807) is 6.07 Å². The Balaban J connectivity index is 1.87. The third-order valence-electron chi connectivity index (χ3n) is 4.15. The molecule has 0 aromatic heterocycles. The standard InChI is InChI=1S/C17H27N3O2/c1-4-22-16-8-6-5-7-15(16)17(21)18-13-14(2)20-11-9-19(3)10-12-20/h5-8,14H,4,9-13H2,1-3H3,(H,18,21). The molecule has 1 N–H and O–H groups in total. The van der Waals surface area contributed by atoms with Crippen molar-refractivity contribution in [2.24, 2.45) is 0 Å². The molecule has 22 heavy (non-hydrogen) atoms. The first-order valence-electron chi connectivity index (χ1n) is 8.04. The molecule has 122 valence electrons. The number of nitrogens with one attached hydrogen (secondary N) is 1. The second-order valence-corrected chi connectivity index (χ2v) is 5.83. The Morgan fingerprint density at radius 1 is 1.27 bits per heavy atom. The molecular weight excluding hydrogens is 278 g/mol. The fourth-order valence-electron chi connectivity index (χ4n) is 2.66. The lowest BCUT2D eigenvalue weighted by molar-refractivity contribution is 0.0900.